The maximum atomic E-state index is 12.4. The molecule has 2 nitrogen and oxygen atoms in total. The minimum Gasteiger partial charge on any atom is -0.340 e. The third-order valence-corrected chi connectivity index (χ3v) is 2.73. The molecule has 19 heavy (non-hydrogen) atoms. The molecule has 0 spiro atoms. The summed E-state index contributed by atoms with van der Waals surface area (Å²) in [5, 5.41) is 0. The van der Waals surface area contributed by atoms with Crippen LogP contribution in [0.25, 0.3) is 6.08 Å². The first kappa shape index (κ1) is 15.3. The largest absolute Gasteiger partial charge is 0.416 e. The van der Waals surface area contributed by atoms with Crippen molar-refractivity contribution in [3.8, 4) is 0 Å². The Morgan fingerprint density at radius 2 is 1.68 bits per heavy atom. The van der Waals surface area contributed by atoms with E-state index in [-0.39, 0.29) is 5.91 Å². The molecule has 1 aromatic carbocycles. The Hall–Kier alpha value is -1.78. The Bertz CT molecular complexity index is 445. The van der Waals surface area contributed by atoms with Crippen LogP contribution in [0.3, 0.4) is 0 Å². The molecule has 0 aliphatic carbocycles. The zero-order valence-electron chi connectivity index (χ0n) is 10.9. The molecule has 0 saturated heterocycles. The SMILES string of the molecule is CCN(CC)C(=O)C=Cc1ccc(C(F)(F)F)cc1. The lowest BCUT2D eigenvalue weighted by Gasteiger charge is -2.15. The van der Waals surface area contributed by atoms with Crippen LogP contribution in [-0.4, -0.2) is 23.9 Å². The van der Waals surface area contributed by atoms with Gasteiger partial charge in [0, 0.05) is 19.2 Å². The number of carbonyl (C=O) groups is 1. The summed E-state index contributed by atoms with van der Waals surface area (Å²) < 4.78 is 37.1. The van der Waals surface area contributed by atoms with E-state index in [0.29, 0.717) is 18.7 Å². The van der Waals surface area contributed by atoms with Crippen LogP contribution in [0.2, 0.25) is 0 Å². The summed E-state index contributed by atoms with van der Waals surface area (Å²) in [5.74, 6) is -0.148. The van der Waals surface area contributed by atoms with Gasteiger partial charge in [0.05, 0.1) is 5.56 Å². The van der Waals surface area contributed by atoms with Gasteiger partial charge in [-0.05, 0) is 37.6 Å². The molecule has 0 aromatic heterocycles. The molecule has 104 valence electrons. The van der Waals surface area contributed by atoms with E-state index in [1.54, 1.807) is 4.90 Å². The molecule has 0 unspecified atom stereocenters. The molecule has 0 heterocycles. The van der Waals surface area contributed by atoms with Gasteiger partial charge in [0.1, 0.15) is 0 Å². The molecule has 1 rings (SSSR count). The summed E-state index contributed by atoms with van der Waals surface area (Å²) in [6.07, 6.45) is -1.45. The molecule has 0 atom stereocenters. The lowest BCUT2D eigenvalue weighted by atomic mass is 10.1. The van der Waals surface area contributed by atoms with Crippen LogP contribution in [0.5, 0.6) is 0 Å². The number of rotatable bonds is 4. The van der Waals surface area contributed by atoms with Crippen molar-refractivity contribution in [2.45, 2.75) is 20.0 Å². The molecule has 0 N–H and O–H groups in total. The van der Waals surface area contributed by atoms with Crippen molar-refractivity contribution in [2.75, 3.05) is 13.1 Å². The highest BCUT2D eigenvalue weighted by Gasteiger charge is 2.29. The molecule has 1 aromatic rings. The first-order valence-electron chi connectivity index (χ1n) is 6.02. The average Bonchev–Trinajstić information content (AvgIpc) is 2.37. The third-order valence-electron chi connectivity index (χ3n) is 2.73. The fraction of sp³-hybridized carbons (Fsp3) is 0.357. The molecule has 5 heteroatoms. The third kappa shape index (κ3) is 4.43. The fourth-order valence-electron chi connectivity index (χ4n) is 1.59. The van der Waals surface area contributed by atoms with Gasteiger partial charge in [0.15, 0.2) is 0 Å². The summed E-state index contributed by atoms with van der Waals surface area (Å²) >= 11 is 0. The van der Waals surface area contributed by atoms with Crippen molar-refractivity contribution in [1.82, 2.24) is 4.90 Å². The lowest BCUT2D eigenvalue weighted by Crippen LogP contribution is -2.28. The van der Waals surface area contributed by atoms with Crippen molar-refractivity contribution in [2.24, 2.45) is 0 Å². The van der Waals surface area contributed by atoms with Crippen molar-refractivity contribution in [3.63, 3.8) is 0 Å². The number of likely N-dealkylation sites (N-methyl/N-ethyl adjacent to an activating group) is 1. The first-order valence-corrected chi connectivity index (χ1v) is 6.02. The minimum absolute atomic E-state index is 0.148. The normalized spacial score (nSPS) is 11.8. The second-order valence-electron chi connectivity index (χ2n) is 3.96. The van der Waals surface area contributed by atoms with E-state index in [4.69, 9.17) is 0 Å². The van der Waals surface area contributed by atoms with Crippen LogP contribution in [-0.2, 0) is 11.0 Å². The average molecular weight is 271 g/mol. The van der Waals surface area contributed by atoms with Gasteiger partial charge in [-0.15, -0.1) is 0 Å². The quantitative estimate of drug-likeness (QED) is 0.766. The number of hydrogen-bond acceptors (Lipinski definition) is 1. The second-order valence-corrected chi connectivity index (χ2v) is 3.96. The van der Waals surface area contributed by atoms with E-state index in [0.717, 1.165) is 12.1 Å². The predicted octanol–water partition coefficient (Wildman–Crippen LogP) is 3.59. The number of nitrogens with zero attached hydrogens (tertiary/aromatic N) is 1. The van der Waals surface area contributed by atoms with Crippen molar-refractivity contribution >= 4 is 12.0 Å². The first-order chi connectivity index (χ1) is 8.88. The Kier molecular flexibility index (Phi) is 5.15. The van der Waals surface area contributed by atoms with Gasteiger partial charge in [-0.1, -0.05) is 12.1 Å². The van der Waals surface area contributed by atoms with Crippen LogP contribution in [0.15, 0.2) is 30.3 Å². The standard InChI is InChI=1S/C14H16F3NO/c1-3-18(4-2)13(19)10-7-11-5-8-12(9-6-11)14(15,16)17/h5-10H,3-4H2,1-2H3. The van der Waals surface area contributed by atoms with Gasteiger partial charge >= 0.3 is 6.18 Å². The van der Waals surface area contributed by atoms with Crippen molar-refractivity contribution in [1.29, 1.82) is 0 Å². The molecule has 0 aliphatic rings. The van der Waals surface area contributed by atoms with Crippen LogP contribution in [0.4, 0.5) is 13.2 Å². The zero-order valence-corrected chi connectivity index (χ0v) is 10.9. The van der Waals surface area contributed by atoms with Gasteiger partial charge in [-0.3, -0.25) is 4.79 Å². The highest BCUT2D eigenvalue weighted by Crippen LogP contribution is 2.29. The number of hydrogen-bond donors (Lipinski definition) is 0. The molecule has 0 radical (unpaired) electrons. The van der Waals surface area contributed by atoms with E-state index in [2.05, 4.69) is 0 Å². The monoisotopic (exact) mass is 271 g/mol. The maximum Gasteiger partial charge on any atom is 0.416 e. The molecule has 0 aliphatic heterocycles. The van der Waals surface area contributed by atoms with Gasteiger partial charge in [0.2, 0.25) is 5.91 Å². The lowest BCUT2D eigenvalue weighted by molar-refractivity contribution is -0.137. The van der Waals surface area contributed by atoms with Crippen LogP contribution in [0.1, 0.15) is 25.0 Å². The van der Waals surface area contributed by atoms with Crippen molar-refractivity contribution < 1.29 is 18.0 Å². The van der Waals surface area contributed by atoms with Gasteiger partial charge < -0.3 is 4.90 Å². The predicted molar refractivity (Wildman–Crippen MR) is 68.4 cm³/mol. The number of benzene rings is 1. The minimum atomic E-state index is -4.33. The summed E-state index contributed by atoms with van der Waals surface area (Å²) in [6.45, 7) is 4.94. The highest BCUT2D eigenvalue weighted by atomic mass is 19.4. The van der Waals surface area contributed by atoms with E-state index >= 15 is 0 Å². The van der Waals surface area contributed by atoms with Crippen LogP contribution >= 0.6 is 0 Å². The molecule has 0 saturated carbocycles. The number of amides is 1. The number of halogens is 3. The Morgan fingerprint density at radius 3 is 2.11 bits per heavy atom. The van der Waals surface area contributed by atoms with Crippen LogP contribution < -0.4 is 0 Å². The smallest absolute Gasteiger partial charge is 0.340 e. The fourth-order valence-corrected chi connectivity index (χ4v) is 1.59. The van der Waals surface area contributed by atoms with E-state index in [1.807, 2.05) is 13.8 Å². The molecule has 0 fully saturated rings. The van der Waals surface area contributed by atoms with Gasteiger partial charge in [0.25, 0.3) is 0 Å². The van der Waals surface area contributed by atoms with E-state index in [9.17, 15) is 18.0 Å². The molecular weight excluding hydrogens is 255 g/mol. The summed E-state index contributed by atoms with van der Waals surface area (Å²) in [4.78, 5) is 13.3. The molecular formula is C14H16F3NO. The Morgan fingerprint density at radius 1 is 1.16 bits per heavy atom. The second kappa shape index (κ2) is 6.41. The highest BCUT2D eigenvalue weighted by molar-refractivity contribution is 5.91. The number of alkyl halides is 3. The van der Waals surface area contributed by atoms with Gasteiger partial charge in [-0.2, -0.15) is 13.2 Å². The Labute approximate surface area is 110 Å². The number of carbonyl (C=O) groups excluding carboxylic acids is 1. The maximum absolute atomic E-state index is 12.4. The Balaban J connectivity index is 2.76. The van der Waals surface area contributed by atoms with Crippen molar-refractivity contribution in [3.05, 3.63) is 41.5 Å². The molecule has 0 bridgehead atoms. The summed E-state index contributed by atoms with van der Waals surface area (Å²) in [5.41, 5.74) is -0.131. The summed E-state index contributed by atoms with van der Waals surface area (Å²) in [6, 6.07) is 4.69. The van der Waals surface area contributed by atoms with E-state index in [1.165, 1.54) is 24.3 Å². The summed E-state index contributed by atoms with van der Waals surface area (Å²) in [7, 11) is 0. The van der Waals surface area contributed by atoms with Gasteiger partial charge in [-0.25, -0.2) is 0 Å². The molecule has 1 amide bonds. The van der Waals surface area contributed by atoms with E-state index < -0.39 is 11.7 Å². The zero-order chi connectivity index (χ0) is 14.5. The van der Waals surface area contributed by atoms with Crippen LogP contribution in [0, 0.1) is 0 Å². The topological polar surface area (TPSA) is 20.3 Å².